The zero-order valence-electron chi connectivity index (χ0n) is 19.5. The Bertz CT molecular complexity index is 879. The fourth-order valence-corrected chi connectivity index (χ4v) is 5.25. The summed E-state index contributed by atoms with van der Waals surface area (Å²) in [4.78, 5) is 47.5. The van der Waals surface area contributed by atoms with Crippen molar-refractivity contribution in [2.75, 3.05) is 14.2 Å². The Labute approximate surface area is 194 Å². The normalized spacial score (nSPS) is 21.8. The fourth-order valence-electron chi connectivity index (χ4n) is 5.25. The number of barbiturate groups is 1. The minimum atomic E-state index is -1.10. The number of carbonyl (C=O) groups is 3. The van der Waals surface area contributed by atoms with Gasteiger partial charge in [-0.05, 0) is 37.8 Å². The summed E-state index contributed by atoms with van der Waals surface area (Å²) in [6.45, 7) is 0. The Morgan fingerprint density at radius 3 is 1.79 bits per heavy atom. The Kier molecular flexibility index (Phi) is 7.30. The molecule has 1 heterocycles. The molecular weight excluding hydrogens is 422 g/mol. The molecule has 3 fully saturated rings. The van der Waals surface area contributed by atoms with Gasteiger partial charge in [-0.2, -0.15) is 0 Å². The highest BCUT2D eigenvalue weighted by molar-refractivity contribution is 6.23. The van der Waals surface area contributed by atoms with Crippen LogP contribution in [0.2, 0.25) is 0 Å². The second-order valence-electron chi connectivity index (χ2n) is 9.08. The van der Waals surface area contributed by atoms with Gasteiger partial charge in [-0.1, -0.05) is 38.5 Å². The van der Waals surface area contributed by atoms with Crippen LogP contribution in [0.1, 0.15) is 64.2 Å². The molecule has 33 heavy (non-hydrogen) atoms. The average Bonchev–Trinajstić information content (AvgIpc) is 2.85. The predicted molar refractivity (Wildman–Crippen MR) is 124 cm³/mol. The van der Waals surface area contributed by atoms with Gasteiger partial charge in [0.1, 0.15) is 0 Å². The van der Waals surface area contributed by atoms with Gasteiger partial charge in [-0.3, -0.25) is 24.4 Å². The van der Waals surface area contributed by atoms with Crippen molar-refractivity contribution in [2.24, 2.45) is 10.9 Å². The maximum atomic E-state index is 13.5. The van der Waals surface area contributed by atoms with Crippen LogP contribution in [0.5, 0.6) is 11.5 Å². The third-order valence-electron chi connectivity index (χ3n) is 7.04. The topological polar surface area (TPSA) is 88.5 Å². The number of nitrogens with zero attached hydrogens (tertiary/aromatic N) is 3. The van der Waals surface area contributed by atoms with Gasteiger partial charge < -0.3 is 9.47 Å². The SMILES string of the molecule is COc1ccc(N=CC2C(=O)N(C3CCCCC3)C(=O)N(C3CCCCC3)C2=O)cc1OC. The van der Waals surface area contributed by atoms with Crippen molar-refractivity contribution >= 4 is 29.7 Å². The van der Waals surface area contributed by atoms with Crippen molar-refractivity contribution in [3.8, 4) is 11.5 Å². The highest BCUT2D eigenvalue weighted by Crippen LogP contribution is 2.34. The van der Waals surface area contributed by atoms with Crippen molar-refractivity contribution in [1.82, 2.24) is 9.80 Å². The molecule has 4 amide bonds. The van der Waals surface area contributed by atoms with Gasteiger partial charge in [0.15, 0.2) is 17.4 Å². The number of amides is 4. The highest BCUT2D eigenvalue weighted by atomic mass is 16.5. The van der Waals surface area contributed by atoms with E-state index in [4.69, 9.17) is 9.47 Å². The molecule has 8 heteroatoms. The van der Waals surface area contributed by atoms with Gasteiger partial charge in [-0.25, -0.2) is 4.79 Å². The number of urea groups is 1. The van der Waals surface area contributed by atoms with Crippen LogP contribution < -0.4 is 9.47 Å². The first kappa shape index (κ1) is 23.3. The van der Waals surface area contributed by atoms with Crippen LogP contribution >= 0.6 is 0 Å². The fraction of sp³-hybridized carbons (Fsp3) is 0.600. The first-order chi connectivity index (χ1) is 16.0. The minimum absolute atomic E-state index is 0.144. The van der Waals surface area contributed by atoms with E-state index >= 15 is 0 Å². The summed E-state index contributed by atoms with van der Waals surface area (Å²) < 4.78 is 10.6. The van der Waals surface area contributed by atoms with Crippen molar-refractivity contribution in [2.45, 2.75) is 76.3 Å². The van der Waals surface area contributed by atoms with Crippen LogP contribution in [0.3, 0.4) is 0 Å². The Balaban J connectivity index is 1.64. The van der Waals surface area contributed by atoms with E-state index in [0.717, 1.165) is 64.2 Å². The molecule has 0 radical (unpaired) electrons. The zero-order valence-corrected chi connectivity index (χ0v) is 19.5. The van der Waals surface area contributed by atoms with E-state index in [1.807, 2.05) is 0 Å². The van der Waals surface area contributed by atoms with Crippen LogP contribution in [0.4, 0.5) is 10.5 Å². The van der Waals surface area contributed by atoms with Gasteiger partial charge >= 0.3 is 6.03 Å². The summed E-state index contributed by atoms with van der Waals surface area (Å²) in [6, 6.07) is 4.43. The number of imide groups is 2. The number of ether oxygens (including phenoxy) is 2. The molecule has 0 bridgehead atoms. The second kappa shape index (κ2) is 10.4. The Morgan fingerprint density at radius 1 is 0.788 bits per heavy atom. The molecule has 1 aromatic rings. The number of carbonyl (C=O) groups excluding carboxylic acids is 3. The Morgan fingerprint density at radius 2 is 1.30 bits per heavy atom. The maximum absolute atomic E-state index is 13.5. The lowest BCUT2D eigenvalue weighted by Crippen LogP contribution is -2.65. The molecule has 2 saturated carbocycles. The van der Waals surface area contributed by atoms with Crippen LogP contribution in [0, 0.1) is 5.92 Å². The number of aliphatic imine (C=N–C) groups is 1. The van der Waals surface area contributed by atoms with Gasteiger partial charge in [0.05, 0.1) is 19.9 Å². The molecule has 1 saturated heterocycles. The van der Waals surface area contributed by atoms with Crippen LogP contribution in [0.15, 0.2) is 23.2 Å². The molecule has 4 rings (SSSR count). The molecule has 0 atom stereocenters. The van der Waals surface area contributed by atoms with Crippen molar-refractivity contribution in [3.63, 3.8) is 0 Å². The molecule has 3 aliphatic rings. The van der Waals surface area contributed by atoms with Gasteiger partial charge in [-0.15, -0.1) is 0 Å². The summed E-state index contributed by atoms with van der Waals surface area (Å²) in [6.07, 6.45) is 10.8. The average molecular weight is 456 g/mol. The summed E-state index contributed by atoms with van der Waals surface area (Å²) in [7, 11) is 3.09. The van der Waals surface area contributed by atoms with Gasteiger partial charge in [0, 0.05) is 24.4 Å². The van der Waals surface area contributed by atoms with Crippen molar-refractivity contribution in [3.05, 3.63) is 18.2 Å². The molecule has 0 N–H and O–H groups in total. The van der Waals surface area contributed by atoms with Crippen LogP contribution in [-0.4, -0.2) is 60.2 Å². The van der Waals surface area contributed by atoms with E-state index in [9.17, 15) is 14.4 Å². The van der Waals surface area contributed by atoms with Crippen LogP contribution in [0.25, 0.3) is 0 Å². The molecule has 0 aromatic heterocycles. The van der Waals surface area contributed by atoms with E-state index in [2.05, 4.69) is 4.99 Å². The van der Waals surface area contributed by atoms with E-state index in [0.29, 0.717) is 17.2 Å². The van der Waals surface area contributed by atoms with E-state index in [1.165, 1.54) is 23.1 Å². The van der Waals surface area contributed by atoms with E-state index < -0.39 is 23.8 Å². The number of rotatable bonds is 6. The van der Waals surface area contributed by atoms with Crippen LogP contribution in [-0.2, 0) is 9.59 Å². The maximum Gasteiger partial charge on any atom is 0.333 e. The Hall–Kier alpha value is -2.90. The quantitative estimate of drug-likeness (QED) is 0.466. The summed E-state index contributed by atoms with van der Waals surface area (Å²) >= 11 is 0. The number of methoxy groups -OCH3 is 2. The first-order valence-corrected chi connectivity index (χ1v) is 12.0. The lowest BCUT2D eigenvalue weighted by Gasteiger charge is -2.44. The van der Waals surface area contributed by atoms with Gasteiger partial charge in [0.25, 0.3) is 0 Å². The predicted octanol–water partition coefficient (Wildman–Crippen LogP) is 4.48. The zero-order chi connectivity index (χ0) is 23.4. The highest BCUT2D eigenvalue weighted by Gasteiger charge is 2.49. The number of hydrogen-bond donors (Lipinski definition) is 0. The standard InChI is InChI=1S/C25H33N3O5/c1-32-21-14-13-17(15-22(21)33-2)26-16-20-23(29)27(18-9-5-3-6-10-18)25(31)28(24(20)30)19-11-7-4-8-12-19/h13-16,18-20H,3-12H2,1-2H3. The van der Waals surface area contributed by atoms with E-state index in [1.54, 1.807) is 25.3 Å². The first-order valence-electron chi connectivity index (χ1n) is 12.0. The molecule has 0 spiro atoms. The molecule has 2 aliphatic carbocycles. The second-order valence-corrected chi connectivity index (χ2v) is 9.08. The monoisotopic (exact) mass is 455 g/mol. The summed E-state index contributed by atoms with van der Waals surface area (Å²) in [5.74, 6) is -0.920. The van der Waals surface area contributed by atoms with Gasteiger partial charge in [0.2, 0.25) is 11.8 Å². The van der Waals surface area contributed by atoms with Crippen molar-refractivity contribution < 1.29 is 23.9 Å². The largest absolute Gasteiger partial charge is 0.493 e. The molecular formula is C25H33N3O5. The summed E-state index contributed by atoms with van der Waals surface area (Å²) in [5.41, 5.74) is 0.540. The number of benzene rings is 1. The lowest BCUT2D eigenvalue weighted by molar-refractivity contribution is -0.149. The minimum Gasteiger partial charge on any atom is -0.493 e. The third-order valence-corrected chi connectivity index (χ3v) is 7.04. The van der Waals surface area contributed by atoms with Crippen molar-refractivity contribution in [1.29, 1.82) is 0 Å². The smallest absolute Gasteiger partial charge is 0.333 e. The summed E-state index contributed by atoms with van der Waals surface area (Å²) in [5, 5.41) is 0. The van der Waals surface area contributed by atoms with E-state index in [-0.39, 0.29) is 12.1 Å². The molecule has 178 valence electrons. The molecule has 8 nitrogen and oxygen atoms in total. The lowest BCUT2D eigenvalue weighted by atomic mass is 9.90. The molecule has 0 unspecified atom stereocenters. The third kappa shape index (κ3) is 4.75. The molecule has 1 aliphatic heterocycles. The molecule has 1 aromatic carbocycles. The number of hydrogen-bond acceptors (Lipinski definition) is 6.